The Morgan fingerprint density at radius 2 is 1.71 bits per heavy atom. The Hall–Kier alpha value is -3.43. The smallest absolute Gasteiger partial charge is 0.255 e. The first kappa shape index (κ1) is 25.2. The molecule has 0 aromatic heterocycles. The average molecular weight is 505 g/mol. The molecule has 0 saturated heterocycles. The van der Waals surface area contributed by atoms with E-state index in [1.807, 2.05) is 0 Å². The summed E-state index contributed by atoms with van der Waals surface area (Å²) in [5.41, 5.74) is 0.383. The van der Waals surface area contributed by atoms with Crippen molar-refractivity contribution in [3.63, 3.8) is 0 Å². The summed E-state index contributed by atoms with van der Waals surface area (Å²) >= 11 is 5.86. The second-order valence-electron chi connectivity index (χ2n) is 7.56. The molecule has 0 aliphatic carbocycles. The van der Waals surface area contributed by atoms with Gasteiger partial charge in [-0.2, -0.15) is 0 Å². The van der Waals surface area contributed by atoms with Gasteiger partial charge in [-0.25, -0.2) is 12.8 Å². The van der Waals surface area contributed by atoms with Crippen LogP contribution < -0.4 is 10.6 Å². The maximum Gasteiger partial charge on any atom is 0.255 e. The van der Waals surface area contributed by atoms with Gasteiger partial charge in [0.15, 0.2) is 9.84 Å². The van der Waals surface area contributed by atoms with Crippen molar-refractivity contribution < 1.29 is 27.5 Å². The van der Waals surface area contributed by atoms with E-state index in [2.05, 4.69) is 10.6 Å². The van der Waals surface area contributed by atoms with Gasteiger partial charge in [-0.1, -0.05) is 42.3 Å². The van der Waals surface area contributed by atoms with Crippen LogP contribution in [-0.2, 0) is 14.6 Å². The summed E-state index contributed by atoms with van der Waals surface area (Å²) in [5, 5.41) is 13.7. The third-order valence-electron chi connectivity index (χ3n) is 5.07. The number of phenolic OH excluding ortho intramolecular Hbond substituents is 1. The van der Waals surface area contributed by atoms with E-state index in [0.29, 0.717) is 5.02 Å². The minimum Gasteiger partial charge on any atom is -0.506 e. The lowest BCUT2D eigenvalue weighted by atomic mass is 10.2. The number of sulfone groups is 1. The lowest BCUT2D eigenvalue weighted by Gasteiger charge is -2.17. The number of anilines is 2. The molecule has 3 aromatic carbocycles. The number of hydrogen-bond donors (Lipinski definition) is 3. The van der Waals surface area contributed by atoms with Crippen LogP contribution in [0, 0.1) is 12.7 Å². The molecule has 3 rings (SSSR count). The van der Waals surface area contributed by atoms with Gasteiger partial charge in [0.05, 0.1) is 16.3 Å². The molecule has 0 aliphatic rings. The van der Waals surface area contributed by atoms with Gasteiger partial charge < -0.3 is 15.7 Å². The van der Waals surface area contributed by atoms with Crippen molar-refractivity contribution in [2.24, 2.45) is 0 Å². The third kappa shape index (κ3) is 5.55. The highest BCUT2D eigenvalue weighted by Crippen LogP contribution is 2.31. The van der Waals surface area contributed by atoms with E-state index in [9.17, 15) is 27.5 Å². The molecule has 3 N–H and O–H groups in total. The van der Waals surface area contributed by atoms with Crippen LogP contribution in [0.4, 0.5) is 15.8 Å². The SMILES string of the molecule is CCC(C(=O)Nc1cc(O)c(NC(=O)c2cccc(Cl)c2)cc1F)S(=O)(=O)c1ccc(C)cc1. The van der Waals surface area contributed by atoms with Crippen LogP contribution in [0.1, 0.15) is 29.3 Å². The number of hydrogen-bond acceptors (Lipinski definition) is 5. The van der Waals surface area contributed by atoms with Crippen LogP contribution in [-0.4, -0.2) is 30.6 Å². The van der Waals surface area contributed by atoms with Crippen LogP contribution in [0.3, 0.4) is 0 Å². The standard InChI is InChI=1S/C24H22ClFN2O5S/c1-3-22(34(32,33)17-9-7-14(2)8-10-17)24(31)27-19-13-21(29)20(12-18(19)26)28-23(30)15-5-4-6-16(25)11-15/h4-13,22,29H,3H2,1-2H3,(H,27,31)(H,28,30). The number of nitrogens with one attached hydrogen (secondary N) is 2. The predicted octanol–water partition coefficient (Wildman–Crippen LogP) is 4.94. The van der Waals surface area contributed by atoms with E-state index in [4.69, 9.17) is 11.6 Å². The molecule has 1 unspecified atom stereocenters. The highest BCUT2D eigenvalue weighted by atomic mass is 35.5. The third-order valence-corrected chi connectivity index (χ3v) is 7.53. The van der Waals surface area contributed by atoms with Crippen molar-refractivity contribution in [1.29, 1.82) is 0 Å². The predicted molar refractivity (Wildman–Crippen MR) is 129 cm³/mol. The Morgan fingerprint density at radius 3 is 2.32 bits per heavy atom. The van der Waals surface area contributed by atoms with E-state index in [-0.39, 0.29) is 22.6 Å². The molecule has 0 bridgehead atoms. The number of rotatable bonds is 7. The quantitative estimate of drug-likeness (QED) is 0.395. The Kier molecular flexibility index (Phi) is 7.58. The lowest BCUT2D eigenvalue weighted by molar-refractivity contribution is -0.115. The maximum absolute atomic E-state index is 14.7. The molecule has 0 spiro atoms. The number of aromatic hydroxyl groups is 1. The van der Waals surface area contributed by atoms with E-state index in [1.54, 1.807) is 31.2 Å². The molecular weight excluding hydrogens is 483 g/mol. The van der Waals surface area contributed by atoms with Crippen LogP contribution in [0.5, 0.6) is 5.75 Å². The lowest BCUT2D eigenvalue weighted by Crippen LogP contribution is -2.35. The van der Waals surface area contributed by atoms with Crippen LogP contribution >= 0.6 is 11.6 Å². The van der Waals surface area contributed by atoms with Gasteiger partial charge in [-0.05, 0) is 43.7 Å². The fourth-order valence-corrected chi connectivity index (χ4v) is 5.05. The second kappa shape index (κ2) is 10.2. The van der Waals surface area contributed by atoms with E-state index in [1.165, 1.54) is 31.2 Å². The molecule has 10 heteroatoms. The molecule has 178 valence electrons. The molecule has 0 saturated carbocycles. The molecule has 0 fully saturated rings. The first-order valence-electron chi connectivity index (χ1n) is 10.2. The first-order chi connectivity index (χ1) is 16.0. The van der Waals surface area contributed by atoms with Crippen LogP contribution in [0.25, 0.3) is 0 Å². The molecule has 0 heterocycles. The van der Waals surface area contributed by atoms with E-state index < -0.39 is 44.2 Å². The monoisotopic (exact) mass is 504 g/mol. The summed E-state index contributed by atoms with van der Waals surface area (Å²) in [6.45, 7) is 3.33. The summed E-state index contributed by atoms with van der Waals surface area (Å²) in [6.07, 6.45) is -0.0522. The van der Waals surface area contributed by atoms with Crippen molar-refractivity contribution in [3.05, 3.63) is 82.6 Å². The summed E-state index contributed by atoms with van der Waals surface area (Å²) in [7, 11) is -4.03. The normalized spacial score (nSPS) is 12.1. The van der Waals surface area contributed by atoms with Gasteiger partial charge in [0.1, 0.15) is 16.8 Å². The van der Waals surface area contributed by atoms with Crippen molar-refractivity contribution >= 4 is 44.6 Å². The minimum atomic E-state index is -4.03. The minimum absolute atomic E-state index is 0.0255. The molecule has 0 aliphatic heterocycles. The average Bonchev–Trinajstić information content (AvgIpc) is 2.77. The van der Waals surface area contributed by atoms with Gasteiger partial charge in [0, 0.05) is 22.7 Å². The summed E-state index contributed by atoms with van der Waals surface area (Å²) in [6, 6.07) is 13.8. The fourth-order valence-electron chi connectivity index (χ4n) is 3.23. The van der Waals surface area contributed by atoms with Crippen LogP contribution in [0.15, 0.2) is 65.6 Å². The molecule has 3 aromatic rings. The van der Waals surface area contributed by atoms with Crippen LogP contribution in [0.2, 0.25) is 5.02 Å². The zero-order valence-corrected chi connectivity index (χ0v) is 19.9. The molecule has 2 amide bonds. The maximum atomic E-state index is 14.7. The number of amides is 2. The Balaban J connectivity index is 1.81. The van der Waals surface area contributed by atoms with E-state index >= 15 is 0 Å². The van der Waals surface area contributed by atoms with Crippen molar-refractivity contribution in [3.8, 4) is 5.75 Å². The van der Waals surface area contributed by atoms with Crippen molar-refractivity contribution in [2.75, 3.05) is 10.6 Å². The van der Waals surface area contributed by atoms with Gasteiger partial charge in [0.2, 0.25) is 5.91 Å². The van der Waals surface area contributed by atoms with Gasteiger partial charge in [0.25, 0.3) is 5.91 Å². The molecule has 1 atom stereocenters. The Morgan fingerprint density at radius 1 is 1.03 bits per heavy atom. The first-order valence-corrected chi connectivity index (χ1v) is 12.2. The number of halogens is 2. The summed E-state index contributed by atoms with van der Waals surface area (Å²) in [5.74, 6) is -3.09. The summed E-state index contributed by atoms with van der Waals surface area (Å²) < 4.78 is 40.6. The zero-order chi connectivity index (χ0) is 25.0. The molecule has 0 radical (unpaired) electrons. The molecule has 7 nitrogen and oxygen atoms in total. The van der Waals surface area contributed by atoms with Gasteiger partial charge in [-0.3, -0.25) is 9.59 Å². The van der Waals surface area contributed by atoms with Crippen molar-refractivity contribution in [1.82, 2.24) is 0 Å². The topological polar surface area (TPSA) is 113 Å². The van der Waals surface area contributed by atoms with E-state index in [0.717, 1.165) is 17.7 Å². The number of phenols is 1. The molecule has 34 heavy (non-hydrogen) atoms. The highest BCUT2D eigenvalue weighted by molar-refractivity contribution is 7.92. The second-order valence-corrected chi connectivity index (χ2v) is 10.1. The van der Waals surface area contributed by atoms with Gasteiger partial charge >= 0.3 is 0 Å². The van der Waals surface area contributed by atoms with Crippen molar-refractivity contribution in [2.45, 2.75) is 30.4 Å². The number of carbonyl (C=O) groups excluding carboxylic acids is 2. The largest absolute Gasteiger partial charge is 0.506 e. The number of benzene rings is 3. The Bertz CT molecular complexity index is 1340. The molecular formula is C24H22ClFN2O5S. The van der Waals surface area contributed by atoms with Gasteiger partial charge in [-0.15, -0.1) is 0 Å². The fraction of sp³-hybridized carbons (Fsp3) is 0.167. The number of carbonyl (C=O) groups is 2. The zero-order valence-electron chi connectivity index (χ0n) is 18.3. The Labute approximate surface area is 201 Å². The highest BCUT2D eigenvalue weighted by Gasteiger charge is 2.33. The summed E-state index contributed by atoms with van der Waals surface area (Å²) in [4.78, 5) is 25.1. The number of aryl methyl sites for hydroxylation is 1.